The third kappa shape index (κ3) is 46.9. The van der Waals surface area contributed by atoms with Gasteiger partial charge in [-0.1, -0.05) is 177 Å². The quantitative estimate of drug-likeness (QED) is 0.0459. The van der Waals surface area contributed by atoms with E-state index in [-0.39, 0.29) is 30.2 Å². The number of carbonyl (C=O) groups excluding carboxylic acids is 2. The Morgan fingerprint density at radius 1 is 0.350 bits per heavy atom. The van der Waals surface area contributed by atoms with Crippen LogP contribution in [0.5, 0.6) is 0 Å². The van der Waals surface area contributed by atoms with Crippen LogP contribution in [0.2, 0.25) is 0 Å². The van der Waals surface area contributed by atoms with E-state index in [0.717, 1.165) is 107 Å². The van der Waals surface area contributed by atoms with Crippen molar-refractivity contribution in [2.45, 2.75) is 267 Å². The third-order valence-corrected chi connectivity index (χ3v) is 11.8. The number of unbranched alkanes of at least 4 members (excludes halogenated alkanes) is 14. The molecule has 8 nitrogen and oxygen atoms in total. The first-order chi connectivity index (χ1) is 28.6. The molecule has 0 radical (unpaired) electrons. The molecule has 0 atom stereocenters. The number of rotatable bonds is 42. The van der Waals surface area contributed by atoms with Gasteiger partial charge in [-0.15, -0.1) is 0 Å². The first kappa shape index (κ1) is 60.0. The minimum absolute atomic E-state index is 0.0640. The van der Waals surface area contributed by atoms with E-state index in [1.165, 1.54) is 89.9 Å². The summed E-state index contributed by atoms with van der Waals surface area (Å²) in [6, 6.07) is 0. The van der Waals surface area contributed by atoms with Crippen molar-refractivity contribution in [2.75, 3.05) is 13.2 Å². The number of aliphatic carboxylic acids is 2. The highest BCUT2D eigenvalue weighted by molar-refractivity contribution is 5.69. The lowest BCUT2D eigenvalue weighted by Gasteiger charge is -2.35. The number of hydrogen-bond donors (Lipinski definition) is 2. The zero-order chi connectivity index (χ0) is 45.3. The lowest BCUT2D eigenvalue weighted by molar-refractivity contribution is -0.144. The van der Waals surface area contributed by atoms with Crippen molar-refractivity contribution in [1.82, 2.24) is 0 Å². The maximum absolute atomic E-state index is 11.7. The zero-order valence-electron chi connectivity index (χ0n) is 40.9. The van der Waals surface area contributed by atoms with Gasteiger partial charge in [0.15, 0.2) is 0 Å². The van der Waals surface area contributed by atoms with Crippen LogP contribution in [0, 0.1) is 29.1 Å². The standard InChI is InChI=1S/C27H52O4.C25H48O4/c1-23(2)15-9-5-7-11-19-27(21-13-17-25(28)29,22-14-18-26(30)31)20-12-8-6-10-16-24(3)4;1-22(2)16-10-8-14-20-28-24(26)18-12-6-5-7-13-19-25(27)29-21-15-9-11-17-23(3)4/h23-24H,5-22H2,1-4H3,(H,28,29)(H,30,31);22-23H,5-21H2,1-4H3. The summed E-state index contributed by atoms with van der Waals surface area (Å²) in [5.74, 6) is 1.48. The van der Waals surface area contributed by atoms with Crippen LogP contribution in [0.1, 0.15) is 267 Å². The van der Waals surface area contributed by atoms with E-state index in [4.69, 9.17) is 19.7 Å². The highest BCUT2D eigenvalue weighted by Crippen LogP contribution is 2.42. The van der Waals surface area contributed by atoms with E-state index in [1.54, 1.807) is 0 Å². The van der Waals surface area contributed by atoms with Gasteiger partial charge >= 0.3 is 23.9 Å². The summed E-state index contributed by atoms with van der Waals surface area (Å²) < 4.78 is 10.6. The Morgan fingerprint density at radius 2 is 0.617 bits per heavy atom. The average Bonchev–Trinajstić information content (AvgIpc) is 3.16. The number of carboxylic acids is 2. The van der Waals surface area contributed by atoms with Gasteiger partial charge in [0.05, 0.1) is 13.2 Å². The van der Waals surface area contributed by atoms with E-state index < -0.39 is 11.9 Å². The van der Waals surface area contributed by atoms with Crippen LogP contribution in [-0.4, -0.2) is 47.3 Å². The molecule has 0 amide bonds. The molecule has 0 aromatic heterocycles. The summed E-state index contributed by atoms with van der Waals surface area (Å²) in [4.78, 5) is 45.5. The van der Waals surface area contributed by atoms with Crippen molar-refractivity contribution in [3.63, 3.8) is 0 Å². The largest absolute Gasteiger partial charge is 0.481 e. The van der Waals surface area contributed by atoms with Crippen LogP contribution < -0.4 is 0 Å². The van der Waals surface area contributed by atoms with Gasteiger partial charge in [0, 0.05) is 25.7 Å². The fourth-order valence-electron chi connectivity index (χ4n) is 8.04. The van der Waals surface area contributed by atoms with Crippen molar-refractivity contribution in [1.29, 1.82) is 0 Å². The molecule has 0 aromatic carbocycles. The second-order valence-corrected chi connectivity index (χ2v) is 19.9. The molecular weight excluding hydrogens is 753 g/mol. The van der Waals surface area contributed by atoms with Crippen molar-refractivity contribution < 1.29 is 38.9 Å². The fourth-order valence-corrected chi connectivity index (χ4v) is 8.04. The van der Waals surface area contributed by atoms with Crippen molar-refractivity contribution in [3.8, 4) is 0 Å². The Morgan fingerprint density at radius 3 is 0.933 bits per heavy atom. The van der Waals surface area contributed by atoms with E-state index in [1.807, 2.05) is 0 Å². The second kappa shape index (κ2) is 42.2. The predicted molar refractivity (Wildman–Crippen MR) is 251 cm³/mol. The molecule has 0 spiro atoms. The normalized spacial score (nSPS) is 11.7. The van der Waals surface area contributed by atoms with Crippen molar-refractivity contribution in [2.24, 2.45) is 29.1 Å². The van der Waals surface area contributed by atoms with Crippen LogP contribution in [0.25, 0.3) is 0 Å². The first-order valence-electron chi connectivity index (χ1n) is 25.3. The minimum Gasteiger partial charge on any atom is -0.481 e. The molecule has 0 aliphatic heterocycles. The highest BCUT2D eigenvalue weighted by Gasteiger charge is 2.29. The van der Waals surface area contributed by atoms with Crippen molar-refractivity contribution >= 4 is 23.9 Å². The number of esters is 2. The van der Waals surface area contributed by atoms with Crippen LogP contribution in [0.4, 0.5) is 0 Å². The topological polar surface area (TPSA) is 127 Å². The number of hydrogen-bond acceptors (Lipinski definition) is 6. The molecule has 0 unspecified atom stereocenters. The predicted octanol–water partition coefficient (Wildman–Crippen LogP) is 15.7. The van der Waals surface area contributed by atoms with Gasteiger partial charge in [-0.3, -0.25) is 19.2 Å². The minimum atomic E-state index is -0.721. The zero-order valence-corrected chi connectivity index (χ0v) is 40.9. The summed E-state index contributed by atoms with van der Waals surface area (Å²) in [5.41, 5.74) is 0.126. The van der Waals surface area contributed by atoms with Gasteiger partial charge < -0.3 is 19.7 Å². The van der Waals surface area contributed by atoms with E-state index in [0.29, 0.717) is 38.9 Å². The van der Waals surface area contributed by atoms with Gasteiger partial charge in [0.1, 0.15) is 0 Å². The molecule has 0 aromatic rings. The SMILES string of the molecule is CC(C)CCCCCCC(CCCCCCC(C)C)(CCCC(=O)O)CCCC(=O)O.CC(C)CCCCCOC(=O)CCCCCCCC(=O)OCCCCCC(C)C. The Balaban J connectivity index is 0. The monoisotopic (exact) mass is 853 g/mol. The Labute approximate surface area is 371 Å². The number of carbonyl (C=O) groups is 4. The van der Waals surface area contributed by atoms with Gasteiger partial charge in [0.25, 0.3) is 0 Å². The third-order valence-electron chi connectivity index (χ3n) is 11.8. The molecule has 2 N–H and O–H groups in total. The Kier molecular flexibility index (Phi) is 42.2. The van der Waals surface area contributed by atoms with E-state index >= 15 is 0 Å². The smallest absolute Gasteiger partial charge is 0.305 e. The molecule has 0 aliphatic rings. The lowest BCUT2D eigenvalue weighted by Crippen LogP contribution is -2.22. The molecule has 0 rings (SSSR count). The van der Waals surface area contributed by atoms with Crippen molar-refractivity contribution in [3.05, 3.63) is 0 Å². The molecule has 0 heterocycles. The highest BCUT2D eigenvalue weighted by atomic mass is 16.5. The van der Waals surface area contributed by atoms with Gasteiger partial charge in [0.2, 0.25) is 0 Å². The summed E-state index contributed by atoms with van der Waals surface area (Å²) >= 11 is 0. The average molecular weight is 853 g/mol. The first-order valence-corrected chi connectivity index (χ1v) is 25.3. The summed E-state index contributed by atoms with van der Waals surface area (Å²) in [6.07, 6.45) is 33.6. The van der Waals surface area contributed by atoms with Crippen LogP contribution in [-0.2, 0) is 28.7 Å². The van der Waals surface area contributed by atoms with E-state index in [9.17, 15) is 19.2 Å². The molecule has 8 heteroatoms. The Hall–Kier alpha value is -2.12. The second-order valence-electron chi connectivity index (χ2n) is 19.9. The van der Waals surface area contributed by atoms with Gasteiger partial charge in [-0.2, -0.15) is 0 Å². The van der Waals surface area contributed by atoms with Crippen LogP contribution >= 0.6 is 0 Å². The van der Waals surface area contributed by atoms with Crippen LogP contribution in [0.15, 0.2) is 0 Å². The Bertz CT molecular complexity index is 926. The fraction of sp³-hybridized carbons (Fsp3) is 0.923. The molecule has 356 valence electrons. The molecule has 0 fully saturated rings. The number of ether oxygens (including phenoxy) is 2. The van der Waals surface area contributed by atoms with Gasteiger partial charge in [-0.25, -0.2) is 0 Å². The summed E-state index contributed by atoms with van der Waals surface area (Å²) in [7, 11) is 0. The summed E-state index contributed by atoms with van der Waals surface area (Å²) in [5, 5.41) is 18.2. The maximum Gasteiger partial charge on any atom is 0.305 e. The molecular formula is C52H100O8. The number of carboxylic acid groups (broad SMARTS) is 2. The van der Waals surface area contributed by atoms with E-state index in [2.05, 4.69) is 55.4 Å². The molecule has 0 aliphatic carbocycles. The molecule has 0 saturated carbocycles. The van der Waals surface area contributed by atoms with Crippen LogP contribution in [0.3, 0.4) is 0 Å². The summed E-state index contributed by atoms with van der Waals surface area (Å²) in [6.45, 7) is 19.2. The maximum atomic E-state index is 11.7. The van der Waals surface area contributed by atoms with Gasteiger partial charge in [-0.05, 0) is 93.3 Å². The molecule has 0 saturated heterocycles. The lowest BCUT2D eigenvalue weighted by atomic mass is 9.71. The molecule has 0 bridgehead atoms. The molecule has 60 heavy (non-hydrogen) atoms.